The van der Waals surface area contributed by atoms with Crippen LogP contribution in [0.4, 0.5) is 0 Å². The summed E-state index contributed by atoms with van der Waals surface area (Å²) >= 11 is 3.20. The van der Waals surface area contributed by atoms with Crippen LogP contribution < -0.4 is 0 Å². The lowest BCUT2D eigenvalue weighted by Crippen LogP contribution is -2.18. The third-order valence-corrected chi connectivity index (χ3v) is 4.55. The van der Waals surface area contributed by atoms with E-state index < -0.39 is 0 Å². The summed E-state index contributed by atoms with van der Waals surface area (Å²) in [5.74, 6) is 0.149. The van der Waals surface area contributed by atoms with Gasteiger partial charge in [0.05, 0.1) is 4.91 Å². The molecule has 0 aromatic carbocycles. The molecule has 68 valence electrons. The summed E-state index contributed by atoms with van der Waals surface area (Å²) in [5.41, 5.74) is 0.0195. The predicted molar refractivity (Wildman–Crippen MR) is 59.3 cm³/mol. The van der Waals surface area contributed by atoms with Crippen molar-refractivity contribution in [1.29, 1.82) is 0 Å². The van der Waals surface area contributed by atoms with E-state index in [1.54, 1.807) is 17.8 Å². The third kappa shape index (κ3) is 1.51. The Balaban J connectivity index is 2.46. The molecule has 0 amide bonds. The van der Waals surface area contributed by atoms with Crippen molar-refractivity contribution in [2.45, 2.75) is 13.8 Å². The average molecular weight is 210 g/mol. The van der Waals surface area contributed by atoms with Crippen LogP contribution in [0, 0.1) is 5.41 Å². The number of ketones is 1. The molecule has 1 aliphatic heterocycles. The maximum atomic E-state index is 11.5. The minimum Gasteiger partial charge on any atom is -0.289 e. The fourth-order valence-corrected chi connectivity index (χ4v) is 3.49. The molecule has 0 radical (unpaired) electrons. The highest BCUT2D eigenvalue weighted by Crippen LogP contribution is 2.48. The van der Waals surface area contributed by atoms with Gasteiger partial charge in [-0.2, -0.15) is 0 Å². The van der Waals surface area contributed by atoms with Gasteiger partial charge < -0.3 is 0 Å². The van der Waals surface area contributed by atoms with E-state index in [-0.39, 0.29) is 11.2 Å². The molecule has 0 aromatic rings. The normalized spacial score (nSPS) is 24.9. The standard InChI is InChI=1S/C10H10OS2/c1-10(2)4-3-7(11)8-9(10)13-6-5-12-8/h3-6H,1-2H3. The summed E-state index contributed by atoms with van der Waals surface area (Å²) < 4.78 is 0. The lowest BCUT2D eigenvalue weighted by Gasteiger charge is -2.29. The molecule has 0 spiro atoms. The van der Waals surface area contributed by atoms with E-state index >= 15 is 0 Å². The summed E-state index contributed by atoms with van der Waals surface area (Å²) in [7, 11) is 0. The molecule has 0 fully saturated rings. The Bertz CT molecular complexity index is 348. The van der Waals surface area contributed by atoms with Crippen molar-refractivity contribution in [1.82, 2.24) is 0 Å². The molecule has 0 atom stereocenters. The number of carbonyl (C=O) groups is 1. The number of allylic oxidation sites excluding steroid dienone is 4. The van der Waals surface area contributed by atoms with Gasteiger partial charge in [0.15, 0.2) is 5.78 Å². The van der Waals surface area contributed by atoms with Gasteiger partial charge in [0.25, 0.3) is 0 Å². The lowest BCUT2D eigenvalue weighted by molar-refractivity contribution is -0.110. The smallest absolute Gasteiger partial charge is 0.193 e. The van der Waals surface area contributed by atoms with Crippen LogP contribution in [0.15, 0.2) is 32.8 Å². The molecule has 13 heavy (non-hydrogen) atoms. The maximum absolute atomic E-state index is 11.5. The zero-order valence-electron chi connectivity index (χ0n) is 7.53. The van der Waals surface area contributed by atoms with Gasteiger partial charge in [0.1, 0.15) is 0 Å². The van der Waals surface area contributed by atoms with Crippen LogP contribution in [0.5, 0.6) is 0 Å². The highest BCUT2D eigenvalue weighted by molar-refractivity contribution is 8.13. The first-order valence-corrected chi connectivity index (χ1v) is 5.84. The summed E-state index contributed by atoms with van der Waals surface area (Å²) in [6.07, 6.45) is 3.67. The Hall–Kier alpha value is -0.410. The van der Waals surface area contributed by atoms with E-state index in [1.807, 2.05) is 16.9 Å². The molecule has 0 saturated heterocycles. The van der Waals surface area contributed by atoms with Crippen LogP contribution in [-0.2, 0) is 4.79 Å². The van der Waals surface area contributed by atoms with Crippen molar-refractivity contribution < 1.29 is 4.79 Å². The topological polar surface area (TPSA) is 17.1 Å². The summed E-state index contributed by atoms with van der Waals surface area (Å²) in [5, 5.41) is 4.01. The first-order valence-electron chi connectivity index (χ1n) is 4.08. The predicted octanol–water partition coefficient (Wildman–Crippen LogP) is 3.31. The Morgan fingerprint density at radius 2 is 1.92 bits per heavy atom. The Kier molecular flexibility index (Phi) is 2.16. The van der Waals surface area contributed by atoms with Crippen molar-refractivity contribution in [2.24, 2.45) is 5.41 Å². The first kappa shape index (κ1) is 9.16. The van der Waals surface area contributed by atoms with Crippen LogP contribution in [-0.4, -0.2) is 5.78 Å². The monoisotopic (exact) mass is 210 g/mol. The van der Waals surface area contributed by atoms with Crippen molar-refractivity contribution in [3.8, 4) is 0 Å². The molecule has 0 unspecified atom stereocenters. The first-order chi connectivity index (χ1) is 6.11. The lowest BCUT2D eigenvalue weighted by atomic mass is 9.88. The molecule has 2 rings (SSSR count). The highest BCUT2D eigenvalue weighted by Gasteiger charge is 2.31. The molecule has 1 nitrogen and oxygen atoms in total. The molecule has 2 aliphatic rings. The Morgan fingerprint density at radius 3 is 2.62 bits per heavy atom. The molecule has 0 N–H and O–H groups in total. The second kappa shape index (κ2) is 3.07. The van der Waals surface area contributed by atoms with Crippen LogP contribution in [0.3, 0.4) is 0 Å². The van der Waals surface area contributed by atoms with Crippen LogP contribution in [0.25, 0.3) is 0 Å². The summed E-state index contributed by atoms with van der Waals surface area (Å²) in [4.78, 5) is 13.6. The number of hydrogen-bond donors (Lipinski definition) is 0. The SMILES string of the molecule is CC1(C)C=CC(=O)C2=C1SC=CS2. The second-order valence-electron chi connectivity index (χ2n) is 3.59. The van der Waals surface area contributed by atoms with Crippen LogP contribution >= 0.6 is 23.5 Å². The Morgan fingerprint density at radius 1 is 1.23 bits per heavy atom. The number of hydrogen-bond acceptors (Lipinski definition) is 3. The molecule has 0 aromatic heterocycles. The molecule has 1 aliphatic carbocycles. The fourth-order valence-electron chi connectivity index (χ4n) is 1.35. The van der Waals surface area contributed by atoms with E-state index in [0.717, 1.165) is 4.91 Å². The zero-order chi connectivity index (χ0) is 9.47. The van der Waals surface area contributed by atoms with Gasteiger partial charge >= 0.3 is 0 Å². The van der Waals surface area contributed by atoms with Gasteiger partial charge in [-0.15, -0.1) is 0 Å². The van der Waals surface area contributed by atoms with Crippen molar-refractivity contribution in [3.63, 3.8) is 0 Å². The van der Waals surface area contributed by atoms with Crippen LogP contribution in [0.2, 0.25) is 0 Å². The van der Waals surface area contributed by atoms with Crippen molar-refractivity contribution in [3.05, 3.63) is 32.8 Å². The van der Waals surface area contributed by atoms with E-state index in [1.165, 1.54) is 16.7 Å². The largest absolute Gasteiger partial charge is 0.289 e. The van der Waals surface area contributed by atoms with Gasteiger partial charge in [-0.1, -0.05) is 43.4 Å². The molecular formula is C10H10OS2. The van der Waals surface area contributed by atoms with Crippen molar-refractivity contribution >= 4 is 29.3 Å². The molecular weight excluding hydrogens is 200 g/mol. The quantitative estimate of drug-likeness (QED) is 0.610. The molecule has 3 heteroatoms. The molecule has 1 heterocycles. The molecule has 0 bridgehead atoms. The van der Waals surface area contributed by atoms with E-state index in [4.69, 9.17) is 0 Å². The average Bonchev–Trinajstić information content (AvgIpc) is 2.13. The van der Waals surface area contributed by atoms with Crippen molar-refractivity contribution in [2.75, 3.05) is 0 Å². The number of rotatable bonds is 0. The minimum absolute atomic E-state index is 0.0195. The maximum Gasteiger partial charge on any atom is 0.193 e. The van der Waals surface area contributed by atoms with Gasteiger partial charge in [-0.25, -0.2) is 0 Å². The highest BCUT2D eigenvalue weighted by atomic mass is 32.2. The van der Waals surface area contributed by atoms with E-state index in [0.29, 0.717) is 0 Å². The Labute approximate surface area is 86.4 Å². The summed E-state index contributed by atoms with van der Waals surface area (Å²) in [6.45, 7) is 4.27. The van der Waals surface area contributed by atoms with Gasteiger partial charge in [0.2, 0.25) is 0 Å². The van der Waals surface area contributed by atoms with Gasteiger partial charge in [-0.05, 0) is 16.9 Å². The summed E-state index contributed by atoms with van der Waals surface area (Å²) in [6, 6.07) is 0. The number of carbonyl (C=O) groups excluding carboxylic acids is 1. The third-order valence-electron chi connectivity index (χ3n) is 2.09. The van der Waals surface area contributed by atoms with Crippen LogP contribution in [0.1, 0.15) is 13.8 Å². The number of thioether (sulfide) groups is 2. The zero-order valence-corrected chi connectivity index (χ0v) is 9.17. The fraction of sp³-hybridized carbons (Fsp3) is 0.300. The minimum atomic E-state index is 0.0195. The van der Waals surface area contributed by atoms with Gasteiger partial charge in [-0.3, -0.25) is 4.79 Å². The van der Waals surface area contributed by atoms with E-state index in [9.17, 15) is 4.79 Å². The second-order valence-corrected chi connectivity index (χ2v) is 5.42. The van der Waals surface area contributed by atoms with Gasteiger partial charge in [0, 0.05) is 10.3 Å². The molecule has 0 saturated carbocycles. The van der Waals surface area contributed by atoms with E-state index in [2.05, 4.69) is 13.8 Å².